The highest BCUT2D eigenvalue weighted by Gasteiger charge is 2.10. The first kappa shape index (κ1) is 16.5. The van der Waals surface area contributed by atoms with E-state index in [1.54, 1.807) is 16.8 Å². The van der Waals surface area contributed by atoms with E-state index in [0.29, 0.717) is 5.39 Å². The van der Waals surface area contributed by atoms with Gasteiger partial charge >= 0.3 is 0 Å². The quantitative estimate of drug-likeness (QED) is 0.741. The maximum Gasteiger partial charge on any atom is 0.244 e. The van der Waals surface area contributed by atoms with Crippen LogP contribution < -0.4 is 10.7 Å². The number of hydrogen-bond acceptors (Lipinski definition) is 2. The van der Waals surface area contributed by atoms with Crippen LogP contribution in [0.25, 0.3) is 10.9 Å². The Hall–Kier alpha value is -2.40. The molecule has 5 heteroatoms. The van der Waals surface area contributed by atoms with Crippen LogP contribution in [0.1, 0.15) is 11.1 Å². The molecule has 1 heterocycles. The lowest BCUT2D eigenvalue weighted by Gasteiger charge is -2.14. The highest BCUT2D eigenvalue weighted by molar-refractivity contribution is 9.10. The average molecular weight is 385 g/mol. The zero-order chi connectivity index (χ0) is 17.3. The van der Waals surface area contributed by atoms with Crippen molar-refractivity contribution in [1.29, 1.82) is 0 Å². The molecule has 24 heavy (non-hydrogen) atoms. The van der Waals surface area contributed by atoms with Crippen molar-refractivity contribution in [3.05, 3.63) is 74.5 Å². The van der Waals surface area contributed by atoms with Crippen molar-refractivity contribution < 1.29 is 4.79 Å². The smallest absolute Gasteiger partial charge is 0.244 e. The van der Waals surface area contributed by atoms with Crippen LogP contribution in [0.5, 0.6) is 0 Å². The van der Waals surface area contributed by atoms with Crippen molar-refractivity contribution in [2.45, 2.75) is 20.4 Å². The van der Waals surface area contributed by atoms with Crippen LogP contribution in [-0.4, -0.2) is 10.5 Å². The molecule has 1 aromatic heterocycles. The van der Waals surface area contributed by atoms with Gasteiger partial charge in [0.1, 0.15) is 6.54 Å². The molecule has 3 aromatic rings. The van der Waals surface area contributed by atoms with E-state index in [4.69, 9.17) is 0 Å². The molecule has 1 N–H and O–H groups in total. The second kappa shape index (κ2) is 6.61. The van der Waals surface area contributed by atoms with Gasteiger partial charge in [-0.15, -0.1) is 0 Å². The molecule has 0 saturated heterocycles. The molecule has 0 atom stereocenters. The van der Waals surface area contributed by atoms with Crippen molar-refractivity contribution in [1.82, 2.24) is 4.57 Å². The van der Waals surface area contributed by atoms with Gasteiger partial charge < -0.3 is 9.88 Å². The fraction of sp³-hybridized carbons (Fsp3) is 0.158. The number of aryl methyl sites for hydroxylation is 2. The lowest BCUT2D eigenvalue weighted by Crippen LogP contribution is -2.21. The molecule has 1 amide bonds. The second-order valence-corrected chi connectivity index (χ2v) is 6.70. The molecule has 0 radical (unpaired) electrons. The van der Waals surface area contributed by atoms with Crippen LogP contribution in [-0.2, 0) is 11.3 Å². The molecule has 0 unspecified atom stereocenters. The summed E-state index contributed by atoms with van der Waals surface area (Å²) in [5.74, 6) is -0.127. The largest absolute Gasteiger partial charge is 0.338 e. The number of para-hydroxylation sites is 1. The maximum absolute atomic E-state index is 12.5. The molecule has 0 fully saturated rings. The summed E-state index contributed by atoms with van der Waals surface area (Å²) in [7, 11) is 0. The number of carbonyl (C=O) groups is 1. The Morgan fingerprint density at radius 2 is 1.83 bits per heavy atom. The van der Waals surface area contributed by atoms with Gasteiger partial charge in [-0.1, -0.05) is 34.1 Å². The lowest BCUT2D eigenvalue weighted by atomic mass is 10.1. The van der Waals surface area contributed by atoms with Crippen LogP contribution in [0, 0.1) is 13.8 Å². The number of fused-ring (bicyclic) bond motifs is 1. The molecule has 0 saturated carbocycles. The van der Waals surface area contributed by atoms with Crippen molar-refractivity contribution in [2.75, 3.05) is 5.32 Å². The first-order valence-corrected chi connectivity index (χ1v) is 8.40. The number of aromatic nitrogens is 1. The van der Waals surface area contributed by atoms with E-state index in [-0.39, 0.29) is 17.9 Å². The Balaban J connectivity index is 1.93. The van der Waals surface area contributed by atoms with Gasteiger partial charge in [-0.05, 0) is 43.2 Å². The predicted molar refractivity (Wildman–Crippen MR) is 100 cm³/mol. The fourth-order valence-corrected chi connectivity index (χ4v) is 3.11. The van der Waals surface area contributed by atoms with Gasteiger partial charge in [-0.2, -0.15) is 0 Å². The zero-order valence-corrected chi connectivity index (χ0v) is 15.1. The minimum Gasteiger partial charge on any atom is -0.338 e. The Morgan fingerprint density at radius 1 is 1.12 bits per heavy atom. The number of pyridine rings is 1. The van der Waals surface area contributed by atoms with Gasteiger partial charge in [0.25, 0.3) is 0 Å². The summed E-state index contributed by atoms with van der Waals surface area (Å²) in [5, 5.41) is 3.57. The molecule has 0 aliphatic rings. The summed E-state index contributed by atoms with van der Waals surface area (Å²) in [5.41, 5.74) is 3.57. The number of nitrogens with one attached hydrogen (secondary N) is 1. The SMILES string of the molecule is Cc1cccc(C)c1NC(=O)Cn1ccc(=O)c2ccc(Br)cc21. The van der Waals surface area contributed by atoms with E-state index in [0.717, 1.165) is 26.8 Å². The van der Waals surface area contributed by atoms with Crippen molar-refractivity contribution in [2.24, 2.45) is 0 Å². The molecular formula is C19H17BrN2O2. The summed E-state index contributed by atoms with van der Waals surface area (Å²) in [6, 6.07) is 12.8. The summed E-state index contributed by atoms with van der Waals surface area (Å²) in [6.07, 6.45) is 1.65. The summed E-state index contributed by atoms with van der Waals surface area (Å²) in [4.78, 5) is 24.5. The normalized spacial score (nSPS) is 10.8. The maximum atomic E-state index is 12.5. The molecule has 0 spiro atoms. The third kappa shape index (κ3) is 3.26. The standard InChI is InChI=1S/C19H17BrN2O2/c1-12-4-3-5-13(2)19(12)21-18(24)11-22-9-8-17(23)15-7-6-14(20)10-16(15)22/h3-10H,11H2,1-2H3,(H,21,24). The second-order valence-electron chi connectivity index (χ2n) is 5.78. The summed E-state index contributed by atoms with van der Waals surface area (Å²) < 4.78 is 2.65. The number of benzene rings is 2. The molecule has 0 bridgehead atoms. The number of hydrogen-bond donors (Lipinski definition) is 1. The number of amides is 1. The van der Waals surface area contributed by atoms with E-state index in [9.17, 15) is 9.59 Å². The van der Waals surface area contributed by atoms with Crippen molar-refractivity contribution in [3.63, 3.8) is 0 Å². The minimum absolute atomic E-state index is 0.0519. The summed E-state index contributed by atoms with van der Waals surface area (Å²) in [6.45, 7) is 4.07. The van der Waals surface area contributed by atoms with Crippen LogP contribution in [0.3, 0.4) is 0 Å². The summed E-state index contributed by atoms with van der Waals surface area (Å²) >= 11 is 3.41. The van der Waals surface area contributed by atoms with E-state index in [1.807, 2.05) is 44.2 Å². The molecular weight excluding hydrogens is 368 g/mol. The molecule has 4 nitrogen and oxygen atoms in total. The van der Waals surface area contributed by atoms with Crippen molar-refractivity contribution in [3.8, 4) is 0 Å². The van der Waals surface area contributed by atoms with Crippen LogP contribution in [0.15, 0.2) is 57.9 Å². The highest BCUT2D eigenvalue weighted by Crippen LogP contribution is 2.20. The number of halogens is 1. The van der Waals surface area contributed by atoms with Crippen LogP contribution in [0.2, 0.25) is 0 Å². The number of nitrogens with zero attached hydrogens (tertiary/aromatic N) is 1. The number of anilines is 1. The molecule has 2 aromatic carbocycles. The van der Waals surface area contributed by atoms with E-state index < -0.39 is 0 Å². The molecule has 0 aliphatic carbocycles. The van der Waals surface area contributed by atoms with Gasteiger partial charge in [-0.25, -0.2) is 0 Å². The van der Waals surface area contributed by atoms with Crippen LogP contribution >= 0.6 is 15.9 Å². The molecule has 122 valence electrons. The predicted octanol–water partition coefficient (Wildman–Crippen LogP) is 4.02. The minimum atomic E-state index is -0.127. The van der Waals surface area contributed by atoms with E-state index >= 15 is 0 Å². The first-order valence-electron chi connectivity index (χ1n) is 7.60. The Morgan fingerprint density at radius 3 is 2.54 bits per heavy atom. The van der Waals surface area contributed by atoms with Gasteiger partial charge in [0.15, 0.2) is 5.43 Å². The van der Waals surface area contributed by atoms with Gasteiger partial charge in [0.2, 0.25) is 5.91 Å². The molecule has 3 rings (SSSR count). The highest BCUT2D eigenvalue weighted by atomic mass is 79.9. The number of rotatable bonds is 3. The monoisotopic (exact) mass is 384 g/mol. The number of carbonyl (C=O) groups excluding carboxylic acids is 1. The average Bonchev–Trinajstić information content (AvgIpc) is 2.54. The zero-order valence-electron chi connectivity index (χ0n) is 13.5. The van der Waals surface area contributed by atoms with Gasteiger partial charge in [0.05, 0.1) is 5.52 Å². The van der Waals surface area contributed by atoms with E-state index in [1.165, 1.54) is 6.07 Å². The molecule has 0 aliphatic heterocycles. The Bertz CT molecular complexity index is 972. The Kier molecular flexibility index (Phi) is 4.53. The van der Waals surface area contributed by atoms with Crippen molar-refractivity contribution >= 4 is 38.4 Å². The van der Waals surface area contributed by atoms with Gasteiger partial charge in [0, 0.05) is 27.8 Å². The fourth-order valence-electron chi connectivity index (χ4n) is 2.76. The topological polar surface area (TPSA) is 51.1 Å². The Labute approximate surface area is 148 Å². The lowest BCUT2D eigenvalue weighted by molar-refractivity contribution is -0.116. The van der Waals surface area contributed by atoms with Gasteiger partial charge in [-0.3, -0.25) is 9.59 Å². The van der Waals surface area contributed by atoms with Crippen LogP contribution in [0.4, 0.5) is 5.69 Å². The van der Waals surface area contributed by atoms with E-state index in [2.05, 4.69) is 21.2 Å². The first-order chi connectivity index (χ1) is 11.5. The third-order valence-electron chi connectivity index (χ3n) is 4.00. The third-order valence-corrected chi connectivity index (χ3v) is 4.49.